The van der Waals surface area contributed by atoms with Crippen molar-refractivity contribution in [2.75, 3.05) is 13.2 Å². The molecule has 1 aliphatic rings. The van der Waals surface area contributed by atoms with Gasteiger partial charge in [-0.2, -0.15) is 5.26 Å². The Morgan fingerprint density at radius 3 is 2.51 bits per heavy atom. The fraction of sp³-hybridized carbons (Fsp3) is 0.176. The van der Waals surface area contributed by atoms with Crippen LogP contribution >= 0.6 is 0 Å². The molecule has 43 heavy (non-hydrogen) atoms. The molecule has 0 aromatic heterocycles. The number of rotatable bonds is 10. The highest BCUT2D eigenvalue weighted by Gasteiger charge is 2.32. The van der Waals surface area contributed by atoms with Gasteiger partial charge in [-0.05, 0) is 55.3 Å². The first-order valence-electron chi connectivity index (χ1n) is 13.6. The normalized spacial score (nSPS) is 13.8. The molecule has 1 unspecified atom stereocenters. The smallest absolute Gasteiger partial charge is 0.349 e. The summed E-state index contributed by atoms with van der Waals surface area (Å²) in [4.78, 5) is 12.5. The van der Waals surface area contributed by atoms with Crippen LogP contribution in [0.1, 0.15) is 35.1 Å². The van der Waals surface area contributed by atoms with Gasteiger partial charge in [0.25, 0.3) is 0 Å². The van der Waals surface area contributed by atoms with E-state index in [4.69, 9.17) is 29.4 Å². The third kappa shape index (κ3) is 6.54. The van der Waals surface area contributed by atoms with E-state index in [0.29, 0.717) is 46.3 Å². The molecule has 5 rings (SSSR count). The van der Waals surface area contributed by atoms with E-state index in [-0.39, 0.29) is 36.2 Å². The average Bonchev–Trinajstić information content (AvgIpc) is 3.00. The van der Waals surface area contributed by atoms with Crippen molar-refractivity contribution in [3.8, 4) is 34.8 Å². The van der Waals surface area contributed by atoms with Crippen molar-refractivity contribution in [2.24, 2.45) is 5.73 Å². The number of para-hydroxylation sites is 1. The number of aryl methyl sites for hydroxylation is 1. The summed E-state index contributed by atoms with van der Waals surface area (Å²) in [7, 11) is 0. The first-order valence-corrected chi connectivity index (χ1v) is 13.6. The van der Waals surface area contributed by atoms with Crippen LogP contribution in [-0.2, 0) is 11.4 Å². The van der Waals surface area contributed by atoms with Crippen molar-refractivity contribution in [1.82, 2.24) is 0 Å². The highest BCUT2D eigenvalue weighted by Crippen LogP contribution is 2.45. The molecule has 8 nitrogen and oxygen atoms in total. The fourth-order valence-corrected chi connectivity index (χ4v) is 4.72. The van der Waals surface area contributed by atoms with Gasteiger partial charge in [-0.3, -0.25) is 0 Å². The van der Waals surface area contributed by atoms with E-state index in [1.165, 1.54) is 6.07 Å². The number of benzene rings is 4. The van der Waals surface area contributed by atoms with Gasteiger partial charge in [0.05, 0.1) is 12.5 Å². The fourth-order valence-electron chi connectivity index (χ4n) is 4.72. The second-order valence-electron chi connectivity index (χ2n) is 9.67. The van der Waals surface area contributed by atoms with Gasteiger partial charge in [-0.25, -0.2) is 9.18 Å². The number of nitriles is 1. The lowest BCUT2D eigenvalue weighted by Crippen LogP contribution is -2.22. The highest BCUT2D eigenvalue weighted by molar-refractivity contribution is 5.74. The summed E-state index contributed by atoms with van der Waals surface area (Å²) in [6.45, 7) is 3.81. The summed E-state index contributed by atoms with van der Waals surface area (Å²) in [5, 5.41) is 9.99. The number of nitrogens with zero attached hydrogens (tertiary/aromatic N) is 1. The largest absolute Gasteiger partial charge is 0.490 e. The number of carbonyl (C=O) groups is 1. The Kier molecular flexibility index (Phi) is 8.77. The van der Waals surface area contributed by atoms with Crippen LogP contribution < -0.4 is 29.4 Å². The number of nitrogens with two attached hydrogens (primary N) is 1. The van der Waals surface area contributed by atoms with Gasteiger partial charge in [0.2, 0.25) is 5.88 Å². The lowest BCUT2D eigenvalue weighted by atomic mass is 9.83. The molecule has 0 amide bonds. The van der Waals surface area contributed by atoms with Gasteiger partial charge in [0.15, 0.2) is 18.1 Å². The van der Waals surface area contributed by atoms with E-state index in [1.807, 2.05) is 32.0 Å². The number of esters is 1. The van der Waals surface area contributed by atoms with Crippen molar-refractivity contribution < 1.29 is 32.9 Å². The third-order valence-electron chi connectivity index (χ3n) is 6.80. The van der Waals surface area contributed by atoms with Gasteiger partial charge in [-0.1, -0.05) is 48.5 Å². The van der Waals surface area contributed by atoms with Crippen LogP contribution in [0.2, 0.25) is 0 Å². The number of carbonyl (C=O) groups excluding carboxylic acids is 1. The lowest BCUT2D eigenvalue weighted by Gasteiger charge is -2.27. The molecule has 218 valence electrons. The minimum Gasteiger partial charge on any atom is -0.490 e. The molecule has 0 bridgehead atoms. The van der Waals surface area contributed by atoms with Gasteiger partial charge >= 0.3 is 5.97 Å². The number of hydrogen-bond acceptors (Lipinski definition) is 8. The minimum atomic E-state index is -0.595. The van der Waals surface area contributed by atoms with Crippen LogP contribution in [0.25, 0.3) is 0 Å². The Morgan fingerprint density at radius 1 is 0.953 bits per heavy atom. The topological polar surface area (TPSA) is 113 Å². The highest BCUT2D eigenvalue weighted by atomic mass is 19.1. The van der Waals surface area contributed by atoms with E-state index in [0.717, 1.165) is 5.56 Å². The summed E-state index contributed by atoms with van der Waals surface area (Å²) >= 11 is 0. The summed E-state index contributed by atoms with van der Waals surface area (Å²) in [6, 6.07) is 26.1. The Balaban J connectivity index is 1.38. The van der Waals surface area contributed by atoms with Crippen LogP contribution in [0.5, 0.6) is 28.7 Å². The summed E-state index contributed by atoms with van der Waals surface area (Å²) in [6.07, 6.45) is 0. The Bertz CT molecular complexity index is 1730. The molecule has 0 fully saturated rings. The van der Waals surface area contributed by atoms with Crippen LogP contribution in [0.4, 0.5) is 4.39 Å². The summed E-state index contributed by atoms with van der Waals surface area (Å²) < 4.78 is 42.7. The maximum absolute atomic E-state index is 14.1. The van der Waals surface area contributed by atoms with Gasteiger partial charge in [-0.15, -0.1) is 0 Å². The summed E-state index contributed by atoms with van der Waals surface area (Å²) in [5.74, 6) is 0.398. The van der Waals surface area contributed by atoms with Gasteiger partial charge in [0, 0.05) is 17.2 Å². The van der Waals surface area contributed by atoms with E-state index in [9.17, 15) is 14.4 Å². The van der Waals surface area contributed by atoms with E-state index < -0.39 is 11.9 Å². The molecule has 0 aliphatic carbocycles. The van der Waals surface area contributed by atoms with Crippen LogP contribution in [0.3, 0.4) is 0 Å². The quantitative estimate of drug-likeness (QED) is 0.171. The SMILES string of the molecule is CCOc1cc(C2C(C#N)=C(N)Oc3cc(OC(=O)COc4ccccc4C)ccc32)ccc1OCc1ccccc1F. The summed E-state index contributed by atoms with van der Waals surface area (Å²) in [5.41, 5.74) is 9.04. The Hall–Kier alpha value is -5.49. The van der Waals surface area contributed by atoms with E-state index >= 15 is 0 Å². The zero-order valence-electron chi connectivity index (χ0n) is 23.6. The molecule has 0 saturated carbocycles. The maximum Gasteiger partial charge on any atom is 0.349 e. The average molecular weight is 581 g/mol. The first kappa shape index (κ1) is 29.0. The van der Waals surface area contributed by atoms with Crippen molar-refractivity contribution in [1.29, 1.82) is 5.26 Å². The molecule has 4 aromatic carbocycles. The molecular formula is C34H29FN2O6. The van der Waals surface area contributed by atoms with Gasteiger partial charge in [0.1, 0.15) is 41.3 Å². The number of hydrogen-bond donors (Lipinski definition) is 1. The molecule has 4 aromatic rings. The van der Waals surface area contributed by atoms with E-state index in [1.54, 1.807) is 60.7 Å². The minimum absolute atomic E-state index is 0.0139. The Labute approximate surface area is 248 Å². The molecule has 0 spiro atoms. The van der Waals surface area contributed by atoms with Crippen LogP contribution in [-0.4, -0.2) is 19.2 Å². The van der Waals surface area contributed by atoms with Crippen LogP contribution in [0.15, 0.2) is 96.4 Å². The molecule has 9 heteroatoms. The van der Waals surface area contributed by atoms with Gasteiger partial charge < -0.3 is 29.4 Å². The second-order valence-corrected chi connectivity index (χ2v) is 9.67. The third-order valence-corrected chi connectivity index (χ3v) is 6.80. The standard InChI is InChI=1S/C34H29FN2O6/c1-3-39-31-16-22(12-15-29(31)40-19-23-9-5-6-10-27(23)35)33-25-14-13-24(17-30(25)43-34(37)26(33)18-36)42-32(38)20-41-28-11-7-4-8-21(28)2/h4-17,33H,3,19-20,37H2,1-2H3. The maximum atomic E-state index is 14.1. The molecule has 2 N–H and O–H groups in total. The van der Waals surface area contributed by atoms with Crippen LogP contribution in [0, 0.1) is 24.1 Å². The molecule has 0 radical (unpaired) electrons. The first-order chi connectivity index (χ1) is 20.9. The second kappa shape index (κ2) is 13.0. The van der Waals surface area contributed by atoms with Crippen molar-refractivity contribution >= 4 is 5.97 Å². The zero-order chi connectivity index (χ0) is 30.3. The molecule has 1 aliphatic heterocycles. The van der Waals surface area contributed by atoms with E-state index in [2.05, 4.69) is 6.07 Å². The predicted octanol–water partition coefficient (Wildman–Crippen LogP) is 6.31. The number of fused-ring (bicyclic) bond motifs is 1. The molecule has 1 heterocycles. The predicted molar refractivity (Wildman–Crippen MR) is 156 cm³/mol. The number of halogens is 1. The van der Waals surface area contributed by atoms with Crippen molar-refractivity contribution in [3.05, 3.63) is 124 Å². The van der Waals surface area contributed by atoms with Crippen molar-refractivity contribution in [2.45, 2.75) is 26.4 Å². The monoisotopic (exact) mass is 580 g/mol. The lowest BCUT2D eigenvalue weighted by molar-refractivity contribution is -0.136. The Morgan fingerprint density at radius 2 is 1.74 bits per heavy atom. The number of ether oxygens (including phenoxy) is 5. The molecule has 0 saturated heterocycles. The molecule has 1 atom stereocenters. The van der Waals surface area contributed by atoms with Crippen molar-refractivity contribution in [3.63, 3.8) is 0 Å². The zero-order valence-corrected chi connectivity index (χ0v) is 23.6. The molecular weight excluding hydrogens is 551 g/mol. The number of allylic oxidation sites excluding steroid dienone is 1.